The third-order valence-electron chi connectivity index (χ3n) is 18.3. The Balaban J connectivity index is 0.000000125. The number of likely N-dealkylation sites (N-methyl/N-ethyl adjacent to an activating group) is 3. The Labute approximate surface area is 738 Å². The molecule has 0 aromatic heterocycles. The van der Waals surface area contributed by atoms with Crippen LogP contribution in [0.2, 0.25) is 45.2 Å². The van der Waals surface area contributed by atoms with Gasteiger partial charge in [0.1, 0.15) is 29.1 Å². The third kappa shape index (κ3) is 21.1. The average molecular weight is 1830 g/mol. The lowest BCUT2D eigenvalue weighted by Gasteiger charge is -2.15. The first-order chi connectivity index (χ1) is 58.3. The minimum absolute atomic E-state index is 0.159. The van der Waals surface area contributed by atoms with Crippen LogP contribution in [0.3, 0.4) is 0 Å². The van der Waals surface area contributed by atoms with Crippen molar-refractivity contribution in [1.82, 2.24) is 15.5 Å². The van der Waals surface area contributed by atoms with Gasteiger partial charge in [-0.1, -0.05) is 196 Å². The second-order valence-electron chi connectivity index (χ2n) is 27.1. The summed E-state index contributed by atoms with van der Waals surface area (Å²) in [5.41, 5.74) is 24.1. The maximum Gasteiger partial charge on any atom is 0.254 e. The Hall–Kier alpha value is -9.74. The number of nitrogens with zero attached hydrogens (tertiary/aromatic N) is 1. The molecule has 0 aliphatic carbocycles. The zero-order valence-corrected chi connectivity index (χ0v) is 71.2. The second kappa shape index (κ2) is 40.5. The van der Waals surface area contributed by atoms with Gasteiger partial charge in [-0.05, 0) is 113 Å². The van der Waals surface area contributed by atoms with Crippen LogP contribution in [0.15, 0.2) is 206 Å². The van der Waals surface area contributed by atoms with E-state index in [2.05, 4.69) is 10.6 Å². The minimum Gasteiger partial charge on any atom is -0.450 e. The predicted octanol–water partition coefficient (Wildman–Crippen LogP) is 22.5. The van der Waals surface area contributed by atoms with E-state index in [1.807, 2.05) is 111 Å². The van der Waals surface area contributed by atoms with E-state index < -0.39 is 49.4 Å². The number of nitrogens with two attached hydrogens (primary N) is 3. The van der Waals surface area contributed by atoms with Gasteiger partial charge in [-0.3, -0.25) is 0 Å². The average Bonchev–Trinajstić information content (AvgIpc) is 1.70. The number of benzene rings is 12. The highest BCUT2D eigenvalue weighted by atomic mass is 35.5. The van der Waals surface area contributed by atoms with Crippen LogP contribution >= 0.6 is 104 Å². The number of halogens is 14. The van der Waals surface area contributed by atoms with Crippen LogP contribution in [0.25, 0.3) is 66.8 Å². The zero-order chi connectivity index (χ0) is 85.9. The number of ether oxygens (including phenoxy) is 12. The molecule has 0 fully saturated rings. The van der Waals surface area contributed by atoms with Crippen molar-refractivity contribution >= 4 is 104 Å². The quantitative estimate of drug-likeness (QED) is 0.0569. The summed E-state index contributed by atoms with van der Waals surface area (Å²) < 4.78 is 136. The standard InChI is InChI=1S/2C16H15ClFNO2.C15H13ClFNO2.2C14H10Cl2FNO2.C14H11Cl2NO2/c1-19(2)9-15-20-14-8-10(18)7-12(16(14)21-15)11-5-3-4-6-13(11)17;1-2-19-9-15-20-14-8-10(18)7-12(16(14)21-15)11-5-3-4-6-13(11)17;1-18-8-14-19-13-7-9(17)6-11(15(13)20-14)10-4-2-3-5-12(10)16;2*15-9-2-1-3-10(16)13(9)8-4-7(17)5-11-14(8)20-12(6-18)19-11;15-8-5-10(9-3-1-2-4-11(9)16)14-12(6-8)18-13(7-17)19-14/h3-8,15H,9H2,1-2H3;3-8,15,19H,2,9H2,1H3;2-7,14,18H,8H2,1H3;2*1-5,12H,6,18H2;1-6,13H,7,17H2/t;;;2*12-;/m...10./s1. The van der Waals surface area contributed by atoms with Crippen molar-refractivity contribution in [2.75, 3.05) is 67.0 Å². The van der Waals surface area contributed by atoms with Gasteiger partial charge >= 0.3 is 0 Å². The van der Waals surface area contributed by atoms with Gasteiger partial charge < -0.3 is 89.6 Å². The molecule has 0 saturated heterocycles. The summed E-state index contributed by atoms with van der Waals surface area (Å²) in [6.45, 7) is 5.03. The molecule has 8 N–H and O–H groups in total. The molecule has 0 bridgehead atoms. The van der Waals surface area contributed by atoms with Crippen molar-refractivity contribution in [3.05, 3.63) is 281 Å². The maximum atomic E-state index is 13.8. The van der Waals surface area contributed by atoms with Crippen LogP contribution in [-0.2, 0) is 0 Å². The molecule has 12 aromatic carbocycles. The second-order valence-corrected chi connectivity index (χ2v) is 30.8. The van der Waals surface area contributed by atoms with E-state index in [0.29, 0.717) is 173 Å². The lowest BCUT2D eigenvalue weighted by Crippen LogP contribution is -2.32. The molecule has 6 aliphatic heterocycles. The molecular formula is C89H74Cl9F5N6O12. The SMILES string of the molecule is CCNCC1Oc2cc(F)cc(-c3ccccc3Cl)c2O1.CN(C)CC1Oc2cc(F)cc(-c3ccccc3Cl)c2O1.CNCC1Oc2cc(F)cc(-c3ccccc3Cl)c2O1.NCC1Oc2cc(Cl)cc(-c3ccccc3Cl)c2O1.NC[C@@H]1Oc2cc(F)cc(-c3c(Cl)cccc3Cl)c2O1.NC[C@H]1Oc2cc(F)cc(-c3c(Cl)cccc3Cl)c2O1. The molecule has 18 rings (SSSR count). The predicted molar refractivity (Wildman–Crippen MR) is 465 cm³/mol. The van der Waals surface area contributed by atoms with E-state index in [1.54, 1.807) is 67.7 Å². The van der Waals surface area contributed by atoms with Gasteiger partial charge in [0.15, 0.2) is 69.0 Å². The molecule has 0 amide bonds. The highest BCUT2D eigenvalue weighted by Gasteiger charge is 2.36. The van der Waals surface area contributed by atoms with Gasteiger partial charge in [0.2, 0.25) is 0 Å². The molecular weight excluding hydrogens is 1760 g/mol. The van der Waals surface area contributed by atoms with Crippen molar-refractivity contribution in [2.24, 2.45) is 17.2 Å². The fourth-order valence-corrected chi connectivity index (χ4v) is 15.5. The summed E-state index contributed by atoms with van der Waals surface area (Å²) in [6.07, 6.45) is -3.10. The van der Waals surface area contributed by atoms with Gasteiger partial charge in [-0.15, -0.1) is 0 Å². The summed E-state index contributed by atoms with van der Waals surface area (Å²) in [7, 11) is 5.64. The van der Waals surface area contributed by atoms with Crippen molar-refractivity contribution in [1.29, 1.82) is 0 Å². The summed E-state index contributed by atoms with van der Waals surface area (Å²) in [6, 6.07) is 56.4. The van der Waals surface area contributed by atoms with Crippen molar-refractivity contribution in [3.63, 3.8) is 0 Å². The molecule has 6 heterocycles. The van der Waals surface area contributed by atoms with E-state index >= 15 is 0 Å². The van der Waals surface area contributed by atoms with Crippen molar-refractivity contribution in [3.8, 4) is 136 Å². The van der Waals surface area contributed by atoms with Crippen LogP contribution in [0.5, 0.6) is 69.0 Å². The van der Waals surface area contributed by atoms with Crippen LogP contribution in [0, 0.1) is 29.1 Å². The number of rotatable bonds is 16. The normalized spacial score (nSPS) is 16.5. The van der Waals surface area contributed by atoms with Gasteiger partial charge in [0, 0.05) is 128 Å². The van der Waals surface area contributed by atoms with Crippen LogP contribution < -0.4 is 84.7 Å². The molecule has 0 spiro atoms. The Morgan fingerprint density at radius 1 is 0.298 bits per heavy atom. The number of hydrogen-bond donors (Lipinski definition) is 5. The maximum absolute atomic E-state index is 13.8. The molecule has 32 heteroatoms. The summed E-state index contributed by atoms with van der Waals surface area (Å²) >= 11 is 55.6. The van der Waals surface area contributed by atoms with E-state index in [9.17, 15) is 22.0 Å². The molecule has 12 aromatic rings. The fourth-order valence-electron chi connectivity index (χ4n) is 13.1. The smallest absolute Gasteiger partial charge is 0.254 e. The highest BCUT2D eigenvalue weighted by molar-refractivity contribution is 6.40. The van der Waals surface area contributed by atoms with Gasteiger partial charge in [0.05, 0.1) is 59.4 Å². The van der Waals surface area contributed by atoms with Crippen LogP contribution in [0.1, 0.15) is 6.92 Å². The number of nitrogens with one attached hydrogen (secondary N) is 2. The summed E-state index contributed by atoms with van der Waals surface area (Å²) in [5.74, 6) is 3.39. The van der Waals surface area contributed by atoms with E-state index in [0.717, 1.165) is 34.4 Å². The Kier molecular flexibility index (Phi) is 29.8. The Morgan fingerprint density at radius 3 is 0.860 bits per heavy atom. The largest absolute Gasteiger partial charge is 0.450 e. The molecule has 18 nitrogen and oxygen atoms in total. The van der Waals surface area contributed by atoms with Crippen molar-refractivity contribution in [2.45, 2.75) is 44.7 Å². The van der Waals surface area contributed by atoms with Gasteiger partial charge in [0.25, 0.3) is 37.7 Å². The number of hydrogen-bond acceptors (Lipinski definition) is 18. The van der Waals surface area contributed by atoms with E-state index in [4.69, 9.17) is 178 Å². The van der Waals surface area contributed by atoms with Crippen LogP contribution in [-0.4, -0.2) is 110 Å². The number of fused-ring (bicyclic) bond motifs is 6. The Morgan fingerprint density at radius 2 is 0.554 bits per heavy atom. The lowest BCUT2D eigenvalue weighted by atomic mass is 10.0. The molecule has 0 radical (unpaired) electrons. The first-order valence-electron chi connectivity index (χ1n) is 37.3. The third-order valence-corrected chi connectivity index (χ3v) is 21.1. The summed E-state index contributed by atoms with van der Waals surface area (Å²) in [4.78, 5) is 1.95. The summed E-state index contributed by atoms with van der Waals surface area (Å²) in [5, 5.41) is 10.6. The first kappa shape index (κ1) is 89.0. The minimum atomic E-state index is -0.633. The first-order valence-corrected chi connectivity index (χ1v) is 40.7. The monoisotopic (exact) mass is 1830 g/mol. The molecule has 4 unspecified atom stereocenters. The highest BCUT2D eigenvalue weighted by Crippen LogP contribution is 2.53. The van der Waals surface area contributed by atoms with E-state index in [-0.39, 0.29) is 37.1 Å². The zero-order valence-electron chi connectivity index (χ0n) is 64.4. The molecule has 630 valence electrons. The van der Waals surface area contributed by atoms with Crippen molar-refractivity contribution < 1.29 is 78.8 Å². The lowest BCUT2D eigenvalue weighted by molar-refractivity contribution is 0.0273. The molecule has 6 aliphatic rings. The Bertz CT molecular complexity index is 5600. The van der Waals surface area contributed by atoms with Gasteiger partial charge in [-0.25, -0.2) is 22.0 Å². The molecule has 0 saturated carbocycles. The van der Waals surface area contributed by atoms with Gasteiger partial charge in [-0.2, -0.15) is 0 Å². The topological polar surface area (TPSA) is 216 Å². The van der Waals surface area contributed by atoms with E-state index in [1.165, 1.54) is 60.7 Å². The molecule has 6 atom stereocenters. The fraction of sp³-hybridized carbons (Fsp3) is 0.191. The molecule has 121 heavy (non-hydrogen) atoms. The van der Waals surface area contributed by atoms with Crippen LogP contribution in [0.4, 0.5) is 22.0 Å².